The summed E-state index contributed by atoms with van der Waals surface area (Å²) in [7, 11) is -3.61. The van der Waals surface area contributed by atoms with Crippen molar-refractivity contribution < 1.29 is 8.42 Å². The second-order valence-corrected chi connectivity index (χ2v) is 6.60. The second kappa shape index (κ2) is 7.45. The Balaban J connectivity index is 3.13. The number of hydrogen-bond acceptors (Lipinski definition) is 3. The fraction of sp³-hybridized carbons (Fsp3) is 0.500. The van der Waals surface area contributed by atoms with Crippen LogP contribution >= 0.6 is 23.2 Å². The van der Waals surface area contributed by atoms with Gasteiger partial charge in [-0.25, -0.2) is 13.1 Å². The Bertz CT molecular complexity index is 533. The van der Waals surface area contributed by atoms with Crippen LogP contribution in [-0.2, 0) is 16.6 Å². The third kappa shape index (κ3) is 4.61. The molecule has 1 rings (SSSR count). The predicted molar refractivity (Wildman–Crippen MR) is 79.3 cm³/mol. The molecule has 0 saturated heterocycles. The summed E-state index contributed by atoms with van der Waals surface area (Å²) in [5, 5.41) is 3.74. The summed E-state index contributed by atoms with van der Waals surface area (Å²) < 4.78 is 26.4. The van der Waals surface area contributed by atoms with Crippen molar-refractivity contribution in [3.8, 4) is 0 Å². The minimum Gasteiger partial charge on any atom is -0.313 e. The molecule has 0 unspecified atom stereocenters. The lowest BCUT2D eigenvalue weighted by Gasteiger charge is -2.12. The third-order valence-corrected chi connectivity index (χ3v) is 4.79. The molecule has 0 aromatic heterocycles. The average molecular weight is 325 g/mol. The van der Waals surface area contributed by atoms with Gasteiger partial charge in [-0.2, -0.15) is 0 Å². The van der Waals surface area contributed by atoms with E-state index in [1.165, 1.54) is 6.07 Å². The molecule has 0 fully saturated rings. The average Bonchev–Trinajstić information content (AvgIpc) is 2.33. The smallest absolute Gasteiger partial charge is 0.242 e. The Morgan fingerprint density at radius 1 is 1.21 bits per heavy atom. The Labute approximate surface area is 124 Å². The van der Waals surface area contributed by atoms with Gasteiger partial charge in [0.25, 0.3) is 0 Å². The van der Waals surface area contributed by atoms with Crippen LogP contribution in [0, 0.1) is 0 Å². The number of hydrogen-bond donors (Lipinski definition) is 2. The molecule has 0 heterocycles. The van der Waals surface area contributed by atoms with Crippen LogP contribution in [0.5, 0.6) is 0 Å². The van der Waals surface area contributed by atoms with E-state index in [0.29, 0.717) is 23.7 Å². The number of nitrogens with one attached hydrogen (secondary N) is 2. The number of halogens is 2. The molecular weight excluding hydrogens is 307 g/mol. The van der Waals surface area contributed by atoms with Crippen LogP contribution in [-0.4, -0.2) is 21.5 Å². The molecule has 2 N–H and O–H groups in total. The van der Waals surface area contributed by atoms with Crippen molar-refractivity contribution in [1.82, 2.24) is 10.0 Å². The minimum absolute atomic E-state index is 0.0248. The molecule has 0 aliphatic rings. The van der Waals surface area contributed by atoms with E-state index in [4.69, 9.17) is 23.2 Å². The third-order valence-electron chi connectivity index (χ3n) is 2.45. The second-order valence-electron chi connectivity index (χ2n) is 4.06. The van der Waals surface area contributed by atoms with E-state index >= 15 is 0 Å². The van der Waals surface area contributed by atoms with Crippen molar-refractivity contribution in [3.63, 3.8) is 0 Å². The van der Waals surface area contributed by atoms with Crippen molar-refractivity contribution >= 4 is 33.2 Å². The zero-order valence-electron chi connectivity index (χ0n) is 11.0. The van der Waals surface area contributed by atoms with E-state index < -0.39 is 10.0 Å². The molecule has 1 aromatic rings. The van der Waals surface area contributed by atoms with Crippen LogP contribution in [0.2, 0.25) is 10.0 Å². The van der Waals surface area contributed by atoms with Gasteiger partial charge in [-0.15, -0.1) is 0 Å². The highest BCUT2D eigenvalue weighted by Gasteiger charge is 2.20. The number of rotatable bonds is 7. The summed E-state index contributed by atoms with van der Waals surface area (Å²) in [6, 6.07) is 3.04. The zero-order chi connectivity index (χ0) is 14.5. The van der Waals surface area contributed by atoms with Gasteiger partial charge in [0.2, 0.25) is 10.0 Å². The van der Waals surface area contributed by atoms with Gasteiger partial charge in [0.15, 0.2) is 0 Å². The van der Waals surface area contributed by atoms with Gasteiger partial charge >= 0.3 is 0 Å². The topological polar surface area (TPSA) is 58.2 Å². The first kappa shape index (κ1) is 16.7. The van der Waals surface area contributed by atoms with Crippen molar-refractivity contribution in [2.24, 2.45) is 0 Å². The first-order chi connectivity index (χ1) is 8.92. The number of sulfonamides is 1. The molecule has 0 amide bonds. The van der Waals surface area contributed by atoms with Gasteiger partial charge in [0.05, 0.1) is 5.02 Å². The van der Waals surface area contributed by atoms with Crippen LogP contribution in [0.15, 0.2) is 17.0 Å². The largest absolute Gasteiger partial charge is 0.313 e. The van der Waals surface area contributed by atoms with Gasteiger partial charge < -0.3 is 5.32 Å². The van der Waals surface area contributed by atoms with E-state index in [1.807, 2.05) is 6.92 Å². The highest BCUT2D eigenvalue weighted by molar-refractivity contribution is 7.89. The van der Waals surface area contributed by atoms with Crippen LogP contribution < -0.4 is 10.0 Å². The van der Waals surface area contributed by atoms with Crippen LogP contribution in [0.25, 0.3) is 0 Å². The maximum Gasteiger partial charge on any atom is 0.242 e. The van der Waals surface area contributed by atoms with E-state index in [1.54, 1.807) is 13.0 Å². The Morgan fingerprint density at radius 2 is 1.89 bits per heavy atom. The zero-order valence-corrected chi connectivity index (χ0v) is 13.3. The molecule has 0 aliphatic carbocycles. The molecule has 1 aromatic carbocycles. The normalized spacial score (nSPS) is 11.8. The Morgan fingerprint density at radius 3 is 2.47 bits per heavy atom. The summed E-state index contributed by atoms with van der Waals surface area (Å²) in [5.74, 6) is 0. The van der Waals surface area contributed by atoms with Gasteiger partial charge in [-0.05, 0) is 30.7 Å². The highest BCUT2D eigenvalue weighted by Crippen LogP contribution is 2.29. The summed E-state index contributed by atoms with van der Waals surface area (Å²) in [6.45, 7) is 5.38. The summed E-state index contributed by atoms with van der Waals surface area (Å²) in [4.78, 5) is 0.0248. The molecule has 0 bridgehead atoms. The SMILES string of the molecule is CCCNCc1cc(Cl)cc(S(=O)(=O)NCC)c1Cl. The molecule has 0 spiro atoms. The van der Waals surface area contributed by atoms with Crippen molar-refractivity contribution in [3.05, 3.63) is 27.7 Å². The fourth-order valence-corrected chi connectivity index (χ4v) is 3.58. The van der Waals surface area contributed by atoms with Crippen molar-refractivity contribution in [1.29, 1.82) is 0 Å². The number of benzene rings is 1. The fourth-order valence-electron chi connectivity index (χ4n) is 1.61. The van der Waals surface area contributed by atoms with Crippen molar-refractivity contribution in [2.75, 3.05) is 13.1 Å². The minimum atomic E-state index is -3.61. The molecule has 0 radical (unpaired) electrons. The lowest BCUT2D eigenvalue weighted by Crippen LogP contribution is -2.24. The molecule has 0 saturated carbocycles. The van der Waals surface area contributed by atoms with Gasteiger partial charge in [-0.3, -0.25) is 0 Å². The molecule has 0 atom stereocenters. The van der Waals surface area contributed by atoms with E-state index in [2.05, 4.69) is 10.0 Å². The van der Waals surface area contributed by atoms with Gasteiger partial charge in [0.1, 0.15) is 4.90 Å². The van der Waals surface area contributed by atoms with Crippen LogP contribution in [0.1, 0.15) is 25.8 Å². The van der Waals surface area contributed by atoms with Crippen LogP contribution in [0.4, 0.5) is 0 Å². The van der Waals surface area contributed by atoms with Crippen LogP contribution in [0.3, 0.4) is 0 Å². The molecule has 0 aliphatic heterocycles. The summed E-state index contributed by atoms with van der Waals surface area (Å²) >= 11 is 12.1. The Hall–Kier alpha value is -0.330. The molecule has 19 heavy (non-hydrogen) atoms. The maximum atomic E-state index is 12.0. The van der Waals surface area contributed by atoms with E-state index in [9.17, 15) is 8.42 Å². The maximum absolute atomic E-state index is 12.0. The molecular formula is C12H18Cl2N2O2S. The first-order valence-corrected chi connectivity index (χ1v) is 8.34. The monoisotopic (exact) mass is 324 g/mol. The van der Waals surface area contributed by atoms with Crippen molar-refractivity contribution in [2.45, 2.75) is 31.7 Å². The first-order valence-electron chi connectivity index (χ1n) is 6.10. The van der Waals surface area contributed by atoms with E-state index in [0.717, 1.165) is 13.0 Å². The quantitative estimate of drug-likeness (QED) is 0.758. The van der Waals surface area contributed by atoms with Gasteiger partial charge in [-0.1, -0.05) is 37.0 Å². The Kier molecular flexibility index (Phi) is 6.56. The standard InChI is InChI=1S/C12H18Cl2N2O2S/c1-3-5-15-8-9-6-10(13)7-11(12(9)14)19(17,18)16-4-2/h6-7,15-16H,3-5,8H2,1-2H3. The lowest BCUT2D eigenvalue weighted by atomic mass is 10.2. The van der Waals surface area contributed by atoms with E-state index in [-0.39, 0.29) is 9.92 Å². The molecule has 4 nitrogen and oxygen atoms in total. The molecule has 108 valence electrons. The molecule has 7 heteroatoms. The van der Waals surface area contributed by atoms with Gasteiger partial charge in [0, 0.05) is 18.1 Å². The summed E-state index contributed by atoms with van der Waals surface area (Å²) in [5.41, 5.74) is 0.680. The lowest BCUT2D eigenvalue weighted by molar-refractivity contribution is 0.583. The highest BCUT2D eigenvalue weighted by atomic mass is 35.5. The predicted octanol–water partition coefficient (Wildman–Crippen LogP) is 2.79. The summed E-state index contributed by atoms with van der Waals surface area (Å²) in [6.07, 6.45) is 0.987.